The van der Waals surface area contributed by atoms with Gasteiger partial charge in [0.2, 0.25) is 10.0 Å². The van der Waals surface area contributed by atoms with Crippen LogP contribution in [0.25, 0.3) is 0 Å². The van der Waals surface area contributed by atoms with Crippen molar-refractivity contribution in [1.29, 1.82) is 0 Å². The monoisotopic (exact) mass is 288 g/mol. The highest BCUT2D eigenvalue weighted by Gasteiger charge is 2.36. The molecule has 3 N–H and O–H groups in total. The van der Waals surface area contributed by atoms with Gasteiger partial charge in [-0.05, 0) is 31.9 Å². The molecule has 7 heteroatoms. The number of sulfonamides is 1. The lowest BCUT2D eigenvalue weighted by Gasteiger charge is -2.36. The van der Waals surface area contributed by atoms with Gasteiger partial charge in [-0.2, -0.15) is 4.31 Å². The summed E-state index contributed by atoms with van der Waals surface area (Å²) in [5.74, 6) is -0.759. The number of para-hydroxylation sites is 1. The third-order valence-corrected chi connectivity index (χ3v) is 5.17. The van der Waals surface area contributed by atoms with Gasteiger partial charge >= 0.3 is 0 Å². The molecule has 1 fully saturated rings. The fourth-order valence-electron chi connectivity index (χ4n) is 2.26. The Morgan fingerprint density at radius 1 is 1.47 bits per heavy atom. The summed E-state index contributed by atoms with van der Waals surface area (Å²) in [5, 5.41) is 9.97. The van der Waals surface area contributed by atoms with E-state index in [-0.39, 0.29) is 17.1 Å². The molecule has 1 saturated heterocycles. The average Bonchev–Trinajstić information content (AvgIpc) is 2.31. The van der Waals surface area contributed by atoms with Crippen molar-refractivity contribution in [2.75, 3.05) is 18.8 Å². The molecule has 106 valence electrons. The maximum atomic E-state index is 13.4. The van der Waals surface area contributed by atoms with E-state index in [2.05, 4.69) is 0 Å². The Morgan fingerprint density at radius 3 is 2.79 bits per heavy atom. The van der Waals surface area contributed by atoms with Crippen molar-refractivity contribution in [2.45, 2.75) is 30.3 Å². The molecule has 0 amide bonds. The van der Waals surface area contributed by atoms with Gasteiger partial charge in [0.1, 0.15) is 10.7 Å². The van der Waals surface area contributed by atoms with Crippen molar-refractivity contribution in [3.8, 4) is 0 Å². The van der Waals surface area contributed by atoms with Gasteiger partial charge in [0, 0.05) is 13.1 Å². The molecule has 1 heterocycles. The number of hydrogen-bond acceptors (Lipinski definition) is 4. The Kier molecular flexibility index (Phi) is 3.55. The molecule has 1 unspecified atom stereocenters. The molecule has 0 aromatic heterocycles. The van der Waals surface area contributed by atoms with Gasteiger partial charge in [-0.15, -0.1) is 0 Å². The Labute approximate surface area is 111 Å². The lowest BCUT2D eigenvalue weighted by Crippen LogP contribution is -2.48. The fourth-order valence-corrected chi connectivity index (χ4v) is 3.98. The Bertz CT molecular complexity index is 587. The molecule has 2 rings (SSSR count). The summed E-state index contributed by atoms with van der Waals surface area (Å²) in [6.07, 6.45) is 1.10. The third-order valence-electron chi connectivity index (χ3n) is 3.27. The maximum absolute atomic E-state index is 13.4. The molecule has 1 aromatic carbocycles. The van der Waals surface area contributed by atoms with Crippen molar-refractivity contribution in [3.63, 3.8) is 0 Å². The van der Waals surface area contributed by atoms with Gasteiger partial charge in [-0.1, -0.05) is 6.07 Å². The van der Waals surface area contributed by atoms with Crippen molar-refractivity contribution in [1.82, 2.24) is 4.31 Å². The van der Waals surface area contributed by atoms with Gasteiger partial charge in [0.15, 0.2) is 0 Å². The van der Waals surface area contributed by atoms with E-state index in [1.165, 1.54) is 12.1 Å². The van der Waals surface area contributed by atoms with Gasteiger partial charge in [-0.25, -0.2) is 12.8 Å². The fraction of sp³-hybridized carbons (Fsp3) is 0.500. The van der Waals surface area contributed by atoms with E-state index in [0.29, 0.717) is 19.4 Å². The van der Waals surface area contributed by atoms with Gasteiger partial charge in [-0.3, -0.25) is 0 Å². The third kappa shape index (κ3) is 2.72. The minimum Gasteiger partial charge on any atom is -0.395 e. The first-order valence-corrected chi connectivity index (χ1v) is 7.44. The number of hydrogen-bond donors (Lipinski definition) is 2. The molecule has 0 radical (unpaired) electrons. The molecule has 1 aliphatic heterocycles. The van der Waals surface area contributed by atoms with Crippen LogP contribution < -0.4 is 5.73 Å². The van der Waals surface area contributed by atoms with Crippen molar-refractivity contribution < 1.29 is 17.9 Å². The van der Waals surface area contributed by atoms with Crippen molar-refractivity contribution >= 4 is 15.7 Å². The maximum Gasteiger partial charge on any atom is 0.245 e. The number of benzene rings is 1. The predicted octanol–water partition coefficient (Wildman–Crippen LogP) is 0.943. The first-order valence-electron chi connectivity index (χ1n) is 6.00. The molecular weight excluding hydrogens is 271 g/mol. The molecule has 0 spiro atoms. The van der Waals surface area contributed by atoms with Crippen LogP contribution in [0.3, 0.4) is 0 Å². The summed E-state index contributed by atoms with van der Waals surface area (Å²) in [6.45, 7) is 1.88. The first kappa shape index (κ1) is 14.2. The predicted molar refractivity (Wildman–Crippen MR) is 69.4 cm³/mol. The number of halogens is 1. The highest BCUT2D eigenvalue weighted by Crippen LogP contribution is 2.29. The van der Waals surface area contributed by atoms with E-state index in [1.54, 1.807) is 6.92 Å². The molecule has 1 aromatic rings. The number of nitrogens with zero attached hydrogens (tertiary/aromatic N) is 1. The van der Waals surface area contributed by atoms with Gasteiger partial charge < -0.3 is 10.8 Å². The van der Waals surface area contributed by atoms with E-state index in [4.69, 9.17) is 5.73 Å². The summed E-state index contributed by atoms with van der Waals surface area (Å²) in [4.78, 5) is -0.245. The smallest absolute Gasteiger partial charge is 0.245 e. The summed E-state index contributed by atoms with van der Waals surface area (Å²) in [7, 11) is -3.88. The van der Waals surface area contributed by atoms with E-state index in [1.807, 2.05) is 0 Å². The Balaban J connectivity index is 2.40. The Hall–Kier alpha value is -1.18. The zero-order valence-corrected chi connectivity index (χ0v) is 11.5. The molecular formula is C12H17FN2O3S. The molecule has 0 aliphatic carbocycles. The molecule has 0 saturated carbocycles. The standard InChI is InChI=1S/C12H17FN2O3S/c1-12(16)6-3-7-15(8-12)19(17,18)10-5-2-4-9(13)11(10)14/h2,4-5,16H,3,6-8,14H2,1H3. The van der Waals surface area contributed by atoms with Crippen LogP contribution in [-0.4, -0.2) is 36.5 Å². The topological polar surface area (TPSA) is 83.6 Å². The summed E-state index contributed by atoms with van der Waals surface area (Å²) < 4.78 is 39.4. The van der Waals surface area contributed by atoms with E-state index < -0.39 is 21.4 Å². The molecule has 5 nitrogen and oxygen atoms in total. The number of piperidine rings is 1. The van der Waals surface area contributed by atoms with Gasteiger partial charge in [0.05, 0.1) is 11.3 Å². The minimum atomic E-state index is -3.88. The lowest BCUT2D eigenvalue weighted by molar-refractivity contribution is 0.00941. The van der Waals surface area contributed by atoms with E-state index in [9.17, 15) is 17.9 Å². The summed E-state index contributed by atoms with van der Waals surface area (Å²) in [6, 6.07) is 3.69. The Morgan fingerprint density at radius 2 is 2.16 bits per heavy atom. The summed E-state index contributed by atoms with van der Waals surface area (Å²) >= 11 is 0. The molecule has 19 heavy (non-hydrogen) atoms. The molecule has 1 atom stereocenters. The summed E-state index contributed by atoms with van der Waals surface area (Å²) in [5.41, 5.74) is 4.06. The highest BCUT2D eigenvalue weighted by molar-refractivity contribution is 7.89. The van der Waals surface area contributed by atoms with Crippen LogP contribution in [0.5, 0.6) is 0 Å². The number of rotatable bonds is 2. The molecule has 1 aliphatic rings. The van der Waals surface area contributed by atoms with Gasteiger partial charge in [0.25, 0.3) is 0 Å². The second-order valence-electron chi connectivity index (χ2n) is 5.09. The first-order chi connectivity index (χ1) is 8.74. The van der Waals surface area contributed by atoms with Crippen LogP contribution in [0.15, 0.2) is 23.1 Å². The van der Waals surface area contributed by atoms with Crippen LogP contribution >= 0.6 is 0 Å². The highest BCUT2D eigenvalue weighted by atomic mass is 32.2. The zero-order chi connectivity index (χ0) is 14.3. The normalized spacial score (nSPS) is 25.4. The van der Waals surface area contributed by atoms with Crippen molar-refractivity contribution in [2.24, 2.45) is 0 Å². The minimum absolute atomic E-state index is 0.00864. The quantitative estimate of drug-likeness (QED) is 0.793. The largest absolute Gasteiger partial charge is 0.395 e. The van der Waals surface area contributed by atoms with Crippen LogP contribution in [0.2, 0.25) is 0 Å². The number of anilines is 1. The SMILES string of the molecule is CC1(O)CCCN(S(=O)(=O)c2cccc(F)c2N)C1. The molecule has 0 bridgehead atoms. The van der Waals surface area contributed by atoms with Crippen molar-refractivity contribution in [3.05, 3.63) is 24.0 Å². The number of nitrogen functional groups attached to an aromatic ring is 1. The second kappa shape index (κ2) is 4.73. The van der Waals surface area contributed by atoms with Crippen LogP contribution in [0.4, 0.5) is 10.1 Å². The second-order valence-corrected chi connectivity index (χ2v) is 7.00. The van der Waals surface area contributed by atoms with E-state index in [0.717, 1.165) is 10.4 Å². The number of aliphatic hydroxyl groups is 1. The van der Waals surface area contributed by atoms with E-state index >= 15 is 0 Å². The van der Waals surface area contributed by atoms with Crippen LogP contribution in [0.1, 0.15) is 19.8 Å². The lowest BCUT2D eigenvalue weighted by atomic mass is 9.97. The zero-order valence-electron chi connectivity index (χ0n) is 10.6. The van der Waals surface area contributed by atoms with Crippen LogP contribution in [0, 0.1) is 5.82 Å². The number of nitrogens with two attached hydrogens (primary N) is 1. The van der Waals surface area contributed by atoms with Crippen LogP contribution in [-0.2, 0) is 10.0 Å². The average molecular weight is 288 g/mol. The number of β-amino-alcohol motifs (C(OH)–C–C–N with tert-alkyl or cyclic N) is 1.